The summed E-state index contributed by atoms with van der Waals surface area (Å²) in [5, 5.41) is 14.7. The van der Waals surface area contributed by atoms with Crippen LogP contribution in [0.15, 0.2) is 54.6 Å². The zero-order chi connectivity index (χ0) is 27.7. The fourth-order valence-corrected chi connectivity index (χ4v) is 4.61. The van der Waals surface area contributed by atoms with Gasteiger partial charge < -0.3 is 20.1 Å². The van der Waals surface area contributed by atoms with Gasteiger partial charge in [-0.2, -0.15) is 0 Å². The maximum atomic E-state index is 12.9. The summed E-state index contributed by atoms with van der Waals surface area (Å²) < 4.78 is 11.6. The van der Waals surface area contributed by atoms with Crippen LogP contribution in [-0.2, 0) is 25.5 Å². The molecule has 1 aliphatic rings. The largest absolute Gasteiger partial charge is 0.492 e. The number of hydroxylamine groups is 1. The number of benzene rings is 2. The van der Waals surface area contributed by atoms with Crippen molar-refractivity contribution in [1.82, 2.24) is 10.8 Å². The summed E-state index contributed by atoms with van der Waals surface area (Å²) in [5.74, 6) is -0.0538. The summed E-state index contributed by atoms with van der Waals surface area (Å²) in [5.41, 5.74) is 3.34. The number of unbranched alkanes of at least 4 members (excludes halogenated alkanes) is 3. The van der Waals surface area contributed by atoms with E-state index in [1.807, 2.05) is 48.5 Å². The zero-order valence-electron chi connectivity index (χ0n) is 22.5. The van der Waals surface area contributed by atoms with E-state index in [0.717, 1.165) is 50.5 Å². The van der Waals surface area contributed by atoms with Gasteiger partial charge in [0.25, 0.3) is 0 Å². The summed E-state index contributed by atoms with van der Waals surface area (Å²) in [6.07, 6.45) is 8.38. The van der Waals surface area contributed by atoms with E-state index in [-0.39, 0.29) is 30.3 Å². The highest BCUT2D eigenvalue weighted by atomic mass is 16.5. The third-order valence-electron chi connectivity index (χ3n) is 6.71. The van der Waals surface area contributed by atoms with Crippen LogP contribution >= 0.6 is 0 Å². The van der Waals surface area contributed by atoms with Gasteiger partial charge in [-0.15, -0.1) is 0 Å². The minimum Gasteiger partial charge on any atom is -0.492 e. The molecule has 9 nitrogen and oxygen atoms in total. The Morgan fingerprint density at radius 2 is 1.62 bits per heavy atom. The molecule has 1 saturated carbocycles. The van der Waals surface area contributed by atoms with Gasteiger partial charge in [0.15, 0.2) is 0 Å². The SMILES string of the molecule is O=C(CCCCCCC(=O)Nc1cccc(OCCNC(Cc2ccccc2)C(=O)OC2CCCC2)c1)NO. The monoisotopic (exact) mass is 539 g/mol. The first kappa shape index (κ1) is 30.1. The summed E-state index contributed by atoms with van der Waals surface area (Å²) >= 11 is 0. The molecule has 0 bridgehead atoms. The number of nitrogens with one attached hydrogen (secondary N) is 3. The molecule has 2 aromatic rings. The van der Waals surface area contributed by atoms with Crippen molar-refractivity contribution in [1.29, 1.82) is 0 Å². The molecule has 1 aliphatic carbocycles. The Balaban J connectivity index is 1.39. The van der Waals surface area contributed by atoms with Crippen LogP contribution in [0.1, 0.15) is 69.8 Å². The van der Waals surface area contributed by atoms with E-state index in [4.69, 9.17) is 14.7 Å². The Kier molecular flexibility index (Phi) is 13.3. The summed E-state index contributed by atoms with van der Waals surface area (Å²) in [7, 11) is 0. The quantitative estimate of drug-likeness (QED) is 0.101. The number of rotatable bonds is 17. The van der Waals surface area contributed by atoms with Crippen LogP contribution in [-0.4, -0.2) is 48.3 Å². The smallest absolute Gasteiger partial charge is 0.323 e. The van der Waals surface area contributed by atoms with E-state index in [1.54, 1.807) is 11.5 Å². The Labute approximate surface area is 230 Å². The maximum absolute atomic E-state index is 12.9. The van der Waals surface area contributed by atoms with Crippen molar-refractivity contribution < 1.29 is 29.1 Å². The number of hydrogen-bond donors (Lipinski definition) is 4. The van der Waals surface area contributed by atoms with Crippen molar-refractivity contribution in [3.63, 3.8) is 0 Å². The highest BCUT2D eigenvalue weighted by Crippen LogP contribution is 2.22. The third kappa shape index (κ3) is 11.9. The van der Waals surface area contributed by atoms with E-state index < -0.39 is 6.04 Å². The fourth-order valence-electron chi connectivity index (χ4n) is 4.61. The predicted octanol–water partition coefficient (Wildman–Crippen LogP) is 4.54. The minimum absolute atomic E-state index is 0.0202. The van der Waals surface area contributed by atoms with E-state index >= 15 is 0 Å². The predicted molar refractivity (Wildman–Crippen MR) is 148 cm³/mol. The van der Waals surface area contributed by atoms with Crippen LogP contribution < -0.4 is 20.9 Å². The number of esters is 1. The standard InChI is InChI=1S/C30H41N3O6/c34-28(17-6-1-2-7-18-29(35)33-37)32-24-13-10-16-26(22-24)38-20-19-31-27(21-23-11-4-3-5-12-23)30(36)39-25-14-8-9-15-25/h3-5,10-13,16,22,25,27,31,37H,1-2,6-9,14-15,17-21H2,(H,32,34)(H,33,35). The molecule has 39 heavy (non-hydrogen) atoms. The van der Waals surface area contributed by atoms with Gasteiger partial charge >= 0.3 is 5.97 Å². The van der Waals surface area contributed by atoms with Crippen molar-refractivity contribution in [3.8, 4) is 5.75 Å². The molecule has 0 aliphatic heterocycles. The molecular weight excluding hydrogens is 498 g/mol. The van der Waals surface area contributed by atoms with Crippen LogP contribution in [0.3, 0.4) is 0 Å². The molecular formula is C30H41N3O6. The van der Waals surface area contributed by atoms with E-state index in [0.29, 0.717) is 43.9 Å². The van der Waals surface area contributed by atoms with Gasteiger partial charge in [0.2, 0.25) is 11.8 Å². The molecule has 0 aromatic heterocycles. The molecule has 9 heteroatoms. The molecule has 1 unspecified atom stereocenters. The first-order valence-electron chi connectivity index (χ1n) is 14.0. The second-order valence-electron chi connectivity index (χ2n) is 9.91. The van der Waals surface area contributed by atoms with Crippen LogP contribution in [0.2, 0.25) is 0 Å². The second-order valence-corrected chi connectivity index (χ2v) is 9.91. The molecule has 1 fully saturated rings. The third-order valence-corrected chi connectivity index (χ3v) is 6.71. The van der Waals surface area contributed by atoms with Crippen LogP contribution in [0.25, 0.3) is 0 Å². The van der Waals surface area contributed by atoms with Gasteiger partial charge in [-0.05, 0) is 62.6 Å². The van der Waals surface area contributed by atoms with Crippen molar-refractivity contribution in [2.45, 2.75) is 82.8 Å². The first-order valence-corrected chi connectivity index (χ1v) is 14.0. The number of amides is 2. The van der Waals surface area contributed by atoms with Crippen LogP contribution in [0, 0.1) is 0 Å². The van der Waals surface area contributed by atoms with Crippen LogP contribution in [0.5, 0.6) is 5.75 Å². The molecule has 3 rings (SSSR count). The minimum atomic E-state index is -0.450. The molecule has 0 saturated heterocycles. The lowest BCUT2D eigenvalue weighted by Crippen LogP contribution is -2.42. The molecule has 212 valence electrons. The van der Waals surface area contributed by atoms with E-state index in [1.165, 1.54) is 0 Å². The molecule has 0 radical (unpaired) electrons. The number of carbonyl (C=O) groups is 3. The van der Waals surface area contributed by atoms with Gasteiger partial charge in [-0.25, -0.2) is 5.48 Å². The van der Waals surface area contributed by atoms with E-state index in [2.05, 4.69) is 10.6 Å². The Hall–Kier alpha value is -3.43. The highest BCUT2D eigenvalue weighted by molar-refractivity contribution is 5.90. The van der Waals surface area contributed by atoms with Crippen molar-refractivity contribution >= 4 is 23.5 Å². The lowest BCUT2D eigenvalue weighted by molar-refractivity contribution is -0.151. The number of ether oxygens (including phenoxy) is 2. The Bertz CT molecular complexity index is 1030. The molecule has 2 amide bonds. The Morgan fingerprint density at radius 1 is 0.897 bits per heavy atom. The van der Waals surface area contributed by atoms with Gasteiger partial charge in [0.05, 0.1) is 0 Å². The summed E-state index contributed by atoms with van der Waals surface area (Å²) in [6, 6.07) is 16.7. The number of anilines is 1. The lowest BCUT2D eigenvalue weighted by atomic mass is 10.1. The molecule has 2 aromatic carbocycles. The molecule has 1 atom stereocenters. The average molecular weight is 540 g/mol. The number of carbonyl (C=O) groups excluding carboxylic acids is 3. The molecule has 0 spiro atoms. The van der Waals surface area contributed by atoms with Gasteiger partial charge in [-0.3, -0.25) is 19.6 Å². The van der Waals surface area contributed by atoms with Crippen molar-refractivity contribution in [3.05, 3.63) is 60.2 Å². The van der Waals surface area contributed by atoms with Crippen LogP contribution in [0.4, 0.5) is 5.69 Å². The highest BCUT2D eigenvalue weighted by Gasteiger charge is 2.25. The van der Waals surface area contributed by atoms with Gasteiger partial charge in [0, 0.05) is 31.1 Å². The average Bonchev–Trinajstić information content (AvgIpc) is 3.46. The summed E-state index contributed by atoms with van der Waals surface area (Å²) in [6.45, 7) is 0.821. The van der Waals surface area contributed by atoms with Gasteiger partial charge in [0.1, 0.15) is 24.5 Å². The topological polar surface area (TPSA) is 126 Å². The van der Waals surface area contributed by atoms with E-state index in [9.17, 15) is 14.4 Å². The second kappa shape index (κ2) is 17.2. The summed E-state index contributed by atoms with van der Waals surface area (Å²) in [4.78, 5) is 36.2. The van der Waals surface area contributed by atoms with Crippen molar-refractivity contribution in [2.24, 2.45) is 0 Å². The normalized spacial score (nSPS) is 14.0. The fraction of sp³-hybridized carbons (Fsp3) is 0.500. The van der Waals surface area contributed by atoms with Crippen molar-refractivity contribution in [2.75, 3.05) is 18.5 Å². The zero-order valence-corrected chi connectivity index (χ0v) is 22.5. The first-order chi connectivity index (χ1) is 19.0. The molecule has 4 N–H and O–H groups in total. The maximum Gasteiger partial charge on any atom is 0.323 e. The lowest BCUT2D eigenvalue weighted by Gasteiger charge is -2.20. The molecule has 0 heterocycles. The number of hydrogen-bond acceptors (Lipinski definition) is 7. The Morgan fingerprint density at radius 3 is 2.33 bits per heavy atom. The van der Waals surface area contributed by atoms with Gasteiger partial charge in [-0.1, -0.05) is 49.2 Å².